The molecule has 1 aliphatic heterocycles. The fourth-order valence-electron chi connectivity index (χ4n) is 0.778. The average Bonchev–Trinajstić information content (AvgIpc) is 2.13. The summed E-state index contributed by atoms with van der Waals surface area (Å²) >= 11 is 1.14. The summed E-state index contributed by atoms with van der Waals surface area (Å²) in [6.45, 7) is 0. The van der Waals surface area contributed by atoms with Crippen LogP contribution in [0.2, 0.25) is 0 Å². The Morgan fingerprint density at radius 1 is 1.40 bits per heavy atom. The van der Waals surface area contributed by atoms with Crippen LogP contribution < -0.4 is 0 Å². The molecule has 1 aliphatic rings. The molecule has 1 fully saturated rings. The Balaban J connectivity index is 2.67. The summed E-state index contributed by atoms with van der Waals surface area (Å²) in [6.07, 6.45) is -4.61. The Hall–Kier alpha value is 0.100. The predicted molar refractivity (Wildman–Crippen MR) is 32.9 cm³/mol. The monoisotopic (exact) mass is 172 g/mol. The molecule has 1 atom stereocenters. The molecule has 1 N–H and O–H groups in total. The first kappa shape index (κ1) is 8.20. The number of aliphatic hydroxyl groups is 1. The lowest BCUT2D eigenvalue weighted by atomic mass is 10.0. The molecule has 1 heterocycles. The number of rotatable bonds is 0. The van der Waals surface area contributed by atoms with E-state index in [0.717, 1.165) is 11.8 Å². The quantitative estimate of drug-likeness (QED) is 0.596. The Morgan fingerprint density at radius 2 is 2.00 bits per heavy atom. The Kier molecular flexibility index (Phi) is 1.89. The maximum absolute atomic E-state index is 11.9. The van der Waals surface area contributed by atoms with Gasteiger partial charge >= 0.3 is 6.18 Å². The van der Waals surface area contributed by atoms with Crippen molar-refractivity contribution >= 4 is 11.8 Å². The molecule has 0 aliphatic carbocycles. The standard InChI is InChI=1S/C5H7F3OS/c6-5(7,8)4(9)1-2-10-3-4/h9H,1-3H2/t4-/m0/s1. The van der Waals surface area contributed by atoms with Crippen LogP contribution in [0.5, 0.6) is 0 Å². The van der Waals surface area contributed by atoms with Gasteiger partial charge in [-0.2, -0.15) is 24.9 Å². The third-order valence-electron chi connectivity index (χ3n) is 1.53. The van der Waals surface area contributed by atoms with Crippen molar-refractivity contribution in [2.24, 2.45) is 0 Å². The molecular weight excluding hydrogens is 165 g/mol. The first-order chi connectivity index (χ1) is 4.46. The van der Waals surface area contributed by atoms with E-state index >= 15 is 0 Å². The fourth-order valence-corrected chi connectivity index (χ4v) is 2.05. The van der Waals surface area contributed by atoms with Gasteiger partial charge in [-0.3, -0.25) is 0 Å². The van der Waals surface area contributed by atoms with E-state index in [1.165, 1.54) is 0 Å². The molecule has 1 rings (SSSR count). The molecule has 0 amide bonds. The van der Waals surface area contributed by atoms with Gasteiger partial charge < -0.3 is 5.11 Å². The molecule has 1 nitrogen and oxygen atoms in total. The smallest absolute Gasteiger partial charge is 0.380 e. The lowest BCUT2D eigenvalue weighted by molar-refractivity contribution is -0.248. The van der Waals surface area contributed by atoms with Gasteiger partial charge in [-0.05, 0) is 12.2 Å². The van der Waals surface area contributed by atoms with Crippen LogP contribution in [0.4, 0.5) is 13.2 Å². The Labute approximate surface area is 60.6 Å². The third-order valence-corrected chi connectivity index (χ3v) is 2.70. The highest BCUT2D eigenvalue weighted by Crippen LogP contribution is 2.40. The molecule has 0 bridgehead atoms. The zero-order valence-corrected chi connectivity index (χ0v) is 5.93. The number of hydrogen-bond donors (Lipinski definition) is 1. The lowest BCUT2D eigenvalue weighted by Crippen LogP contribution is -2.44. The maximum atomic E-state index is 11.9. The SMILES string of the molecule is O[C@@]1(C(F)(F)F)CCSC1. The molecule has 0 aromatic heterocycles. The fraction of sp³-hybridized carbons (Fsp3) is 1.00. The van der Waals surface area contributed by atoms with Crippen LogP contribution in [-0.2, 0) is 0 Å². The van der Waals surface area contributed by atoms with Crippen molar-refractivity contribution in [3.05, 3.63) is 0 Å². The topological polar surface area (TPSA) is 20.2 Å². The third kappa shape index (κ3) is 1.25. The second-order valence-electron chi connectivity index (χ2n) is 2.33. The van der Waals surface area contributed by atoms with Gasteiger partial charge in [0.2, 0.25) is 0 Å². The summed E-state index contributed by atoms with van der Waals surface area (Å²) in [5.74, 6) is 0.187. The summed E-state index contributed by atoms with van der Waals surface area (Å²) < 4.78 is 35.6. The Bertz CT molecular complexity index is 127. The zero-order valence-electron chi connectivity index (χ0n) is 5.11. The largest absolute Gasteiger partial charge is 0.418 e. The number of thioether (sulfide) groups is 1. The predicted octanol–water partition coefficient (Wildman–Crippen LogP) is 1.42. The van der Waals surface area contributed by atoms with Crippen molar-refractivity contribution in [2.75, 3.05) is 11.5 Å². The first-order valence-electron chi connectivity index (χ1n) is 2.83. The van der Waals surface area contributed by atoms with E-state index < -0.39 is 11.8 Å². The van der Waals surface area contributed by atoms with Crippen LogP contribution >= 0.6 is 11.8 Å². The molecule has 0 saturated carbocycles. The van der Waals surface area contributed by atoms with Crippen molar-refractivity contribution in [3.8, 4) is 0 Å². The van der Waals surface area contributed by atoms with Gasteiger partial charge in [0.15, 0.2) is 5.60 Å². The molecule has 1 saturated heterocycles. The molecule has 60 valence electrons. The van der Waals surface area contributed by atoms with E-state index in [4.69, 9.17) is 5.11 Å². The summed E-state index contributed by atoms with van der Waals surface area (Å²) in [7, 11) is 0. The molecule has 0 radical (unpaired) electrons. The Morgan fingerprint density at radius 3 is 2.20 bits per heavy atom. The van der Waals surface area contributed by atoms with Gasteiger partial charge in [-0.25, -0.2) is 0 Å². The number of alkyl halides is 3. The van der Waals surface area contributed by atoms with Crippen LogP contribution in [0.15, 0.2) is 0 Å². The van der Waals surface area contributed by atoms with Crippen LogP contribution in [0.1, 0.15) is 6.42 Å². The van der Waals surface area contributed by atoms with Gasteiger partial charge in [-0.15, -0.1) is 0 Å². The van der Waals surface area contributed by atoms with Crippen LogP contribution in [-0.4, -0.2) is 28.4 Å². The minimum atomic E-state index is -4.45. The summed E-state index contributed by atoms with van der Waals surface area (Å²) in [5, 5.41) is 8.88. The number of hydrogen-bond acceptors (Lipinski definition) is 2. The van der Waals surface area contributed by atoms with Crippen molar-refractivity contribution in [1.82, 2.24) is 0 Å². The van der Waals surface area contributed by atoms with Crippen molar-refractivity contribution < 1.29 is 18.3 Å². The molecular formula is C5H7F3OS. The molecule has 0 unspecified atom stereocenters. The van der Waals surface area contributed by atoms with E-state index in [9.17, 15) is 13.2 Å². The van der Waals surface area contributed by atoms with Gasteiger partial charge in [0.1, 0.15) is 0 Å². The molecule has 0 aromatic rings. The van der Waals surface area contributed by atoms with Crippen LogP contribution in [0.3, 0.4) is 0 Å². The van der Waals surface area contributed by atoms with E-state index in [1.54, 1.807) is 0 Å². The van der Waals surface area contributed by atoms with E-state index in [0.29, 0.717) is 5.75 Å². The minimum Gasteiger partial charge on any atom is -0.380 e. The van der Waals surface area contributed by atoms with Gasteiger partial charge in [-0.1, -0.05) is 0 Å². The second-order valence-corrected chi connectivity index (χ2v) is 3.44. The maximum Gasteiger partial charge on any atom is 0.418 e. The summed E-state index contributed by atoms with van der Waals surface area (Å²) in [5.41, 5.74) is -2.41. The normalized spacial score (nSPS) is 34.8. The van der Waals surface area contributed by atoms with E-state index in [1.807, 2.05) is 0 Å². The molecule has 0 spiro atoms. The lowest BCUT2D eigenvalue weighted by Gasteiger charge is -2.23. The van der Waals surface area contributed by atoms with Crippen molar-refractivity contribution in [1.29, 1.82) is 0 Å². The first-order valence-corrected chi connectivity index (χ1v) is 3.98. The van der Waals surface area contributed by atoms with E-state index in [-0.39, 0.29) is 12.2 Å². The average molecular weight is 172 g/mol. The summed E-state index contributed by atoms with van der Waals surface area (Å²) in [6, 6.07) is 0. The van der Waals surface area contributed by atoms with Gasteiger partial charge in [0.05, 0.1) is 0 Å². The zero-order chi connectivity index (χ0) is 7.83. The molecule has 10 heavy (non-hydrogen) atoms. The van der Waals surface area contributed by atoms with Crippen LogP contribution in [0.25, 0.3) is 0 Å². The molecule has 0 aromatic carbocycles. The highest BCUT2D eigenvalue weighted by atomic mass is 32.2. The van der Waals surface area contributed by atoms with Crippen molar-refractivity contribution in [3.63, 3.8) is 0 Å². The van der Waals surface area contributed by atoms with Gasteiger partial charge in [0, 0.05) is 5.75 Å². The van der Waals surface area contributed by atoms with Crippen LogP contribution in [0, 0.1) is 0 Å². The number of halogens is 3. The molecule has 5 heteroatoms. The van der Waals surface area contributed by atoms with E-state index in [2.05, 4.69) is 0 Å². The summed E-state index contributed by atoms with van der Waals surface area (Å²) in [4.78, 5) is 0. The van der Waals surface area contributed by atoms with Gasteiger partial charge in [0.25, 0.3) is 0 Å². The highest BCUT2D eigenvalue weighted by molar-refractivity contribution is 7.99. The second kappa shape index (κ2) is 2.30. The van der Waals surface area contributed by atoms with Crippen molar-refractivity contribution in [2.45, 2.75) is 18.2 Å². The minimum absolute atomic E-state index is 0.166. The highest BCUT2D eigenvalue weighted by Gasteiger charge is 2.55.